The third kappa shape index (κ3) is 6.09. The summed E-state index contributed by atoms with van der Waals surface area (Å²) in [5.74, 6) is 0.326. The number of para-hydroxylation sites is 1. The number of rotatable bonds is 7. The Labute approximate surface area is 135 Å². The molecule has 1 atom stereocenters. The molecule has 1 aromatic rings. The summed E-state index contributed by atoms with van der Waals surface area (Å²) in [5, 5.41) is 10.7. The molecule has 0 heterocycles. The van der Waals surface area contributed by atoms with E-state index in [0.29, 0.717) is 22.3 Å². The van der Waals surface area contributed by atoms with Crippen LogP contribution in [0.2, 0.25) is 10.0 Å². The van der Waals surface area contributed by atoms with Crippen molar-refractivity contribution in [2.24, 2.45) is 0 Å². The summed E-state index contributed by atoms with van der Waals surface area (Å²) < 4.78 is 5.45. The third-order valence-electron chi connectivity index (χ3n) is 2.77. The molecule has 0 saturated carbocycles. The van der Waals surface area contributed by atoms with Crippen LogP contribution in [0.1, 0.15) is 0 Å². The van der Waals surface area contributed by atoms with Gasteiger partial charge in [0.1, 0.15) is 12.7 Å². The highest BCUT2D eigenvalue weighted by molar-refractivity contribution is 6.37. The predicted molar refractivity (Wildman–Crippen MR) is 84.2 cm³/mol. The van der Waals surface area contributed by atoms with Gasteiger partial charge in [0.05, 0.1) is 16.6 Å². The SMILES string of the molecule is CN(CC(=O)N(C)C)CC(O)COc1c(Cl)cccc1Cl. The van der Waals surface area contributed by atoms with E-state index in [4.69, 9.17) is 27.9 Å². The average Bonchev–Trinajstić information content (AvgIpc) is 2.37. The summed E-state index contributed by atoms with van der Waals surface area (Å²) in [6, 6.07) is 5.04. The van der Waals surface area contributed by atoms with Crippen molar-refractivity contribution in [1.29, 1.82) is 0 Å². The van der Waals surface area contributed by atoms with Crippen LogP contribution < -0.4 is 4.74 Å². The van der Waals surface area contributed by atoms with Crippen molar-refractivity contribution in [3.63, 3.8) is 0 Å². The topological polar surface area (TPSA) is 53.0 Å². The van der Waals surface area contributed by atoms with Gasteiger partial charge in [-0.1, -0.05) is 29.3 Å². The van der Waals surface area contributed by atoms with E-state index in [1.54, 1.807) is 44.2 Å². The minimum Gasteiger partial charge on any atom is -0.488 e. The maximum Gasteiger partial charge on any atom is 0.236 e. The van der Waals surface area contributed by atoms with Crippen molar-refractivity contribution in [2.45, 2.75) is 6.10 Å². The number of hydrogen-bond acceptors (Lipinski definition) is 4. The van der Waals surface area contributed by atoms with Crippen molar-refractivity contribution in [1.82, 2.24) is 9.80 Å². The van der Waals surface area contributed by atoms with Crippen molar-refractivity contribution >= 4 is 29.1 Å². The van der Waals surface area contributed by atoms with Crippen molar-refractivity contribution in [3.05, 3.63) is 28.2 Å². The molecule has 0 spiro atoms. The van der Waals surface area contributed by atoms with Crippen LogP contribution in [0.15, 0.2) is 18.2 Å². The molecular formula is C14H20Cl2N2O3. The summed E-state index contributed by atoms with van der Waals surface area (Å²) in [5.41, 5.74) is 0. The summed E-state index contributed by atoms with van der Waals surface area (Å²) in [7, 11) is 5.14. The molecule has 0 aliphatic carbocycles. The quantitative estimate of drug-likeness (QED) is 0.825. The number of ether oxygens (including phenoxy) is 1. The lowest BCUT2D eigenvalue weighted by Crippen LogP contribution is -2.39. The molecule has 118 valence electrons. The maximum absolute atomic E-state index is 11.5. The normalized spacial score (nSPS) is 12.3. The van der Waals surface area contributed by atoms with Crippen LogP contribution >= 0.6 is 23.2 Å². The Balaban J connectivity index is 2.44. The first kappa shape index (κ1) is 18.0. The van der Waals surface area contributed by atoms with Crippen molar-refractivity contribution in [3.8, 4) is 5.75 Å². The van der Waals surface area contributed by atoms with Crippen LogP contribution in [-0.4, -0.2) is 67.8 Å². The number of aliphatic hydroxyl groups excluding tert-OH is 1. The molecule has 0 fully saturated rings. The largest absolute Gasteiger partial charge is 0.488 e. The molecule has 1 aromatic carbocycles. The molecule has 7 heteroatoms. The van der Waals surface area contributed by atoms with Gasteiger partial charge in [-0.3, -0.25) is 9.69 Å². The first-order chi connectivity index (χ1) is 9.81. The minimum absolute atomic E-state index is 0.0280. The van der Waals surface area contributed by atoms with E-state index in [9.17, 15) is 9.90 Å². The van der Waals surface area contributed by atoms with Crippen LogP contribution in [0.25, 0.3) is 0 Å². The molecule has 1 N–H and O–H groups in total. The van der Waals surface area contributed by atoms with Gasteiger partial charge < -0.3 is 14.7 Å². The number of halogens is 2. The Morgan fingerprint density at radius 3 is 2.38 bits per heavy atom. The zero-order valence-electron chi connectivity index (χ0n) is 12.3. The van der Waals surface area contributed by atoms with Crippen LogP contribution in [-0.2, 0) is 4.79 Å². The molecule has 21 heavy (non-hydrogen) atoms. The summed E-state index contributed by atoms with van der Waals surface area (Å²) >= 11 is 11.9. The molecule has 0 bridgehead atoms. The minimum atomic E-state index is -0.752. The second-order valence-electron chi connectivity index (χ2n) is 5.00. The predicted octanol–water partition coefficient (Wildman–Crippen LogP) is 1.75. The third-order valence-corrected chi connectivity index (χ3v) is 3.36. The fourth-order valence-electron chi connectivity index (χ4n) is 1.65. The van der Waals surface area contributed by atoms with Crippen LogP contribution in [0.5, 0.6) is 5.75 Å². The second-order valence-corrected chi connectivity index (χ2v) is 5.81. The Morgan fingerprint density at radius 2 is 1.86 bits per heavy atom. The molecule has 1 rings (SSSR count). The first-order valence-electron chi connectivity index (χ1n) is 6.44. The number of carbonyl (C=O) groups excluding carboxylic acids is 1. The molecule has 5 nitrogen and oxygen atoms in total. The lowest BCUT2D eigenvalue weighted by Gasteiger charge is -2.22. The van der Waals surface area contributed by atoms with Gasteiger partial charge in [-0.05, 0) is 19.2 Å². The highest BCUT2D eigenvalue weighted by Gasteiger charge is 2.15. The van der Waals surface area contributed by atoms with Gasteiger partial charge in [-0.25, -0.2) is 0 Å². The summed E-state index contributed by atoms with van der Waals surface area (Å²) in [6.07, 6.45) is -0.752. The van der Waals surface area contributed by atoms with E-state index < -0.39 is 6.10 Å². The monoisotopic (exact) mass is 334 g/mol. The maximum atomic E-state index is 11.5. The first-order valence-corrected chi connectivity index (χ1v) is 7.20. The van der Waals surface area contributed by atoms with Gasteiger partial charge in [0, 0.05) is 20.6 Å². The molecule has 0 saturated heterocycles. The summed E-state index contributed by atoms with van der Waals surface area (Å²) in [6.45, 7) is 0.586. The highest BCUT2D eigenvalue weighted by atomic mass is 35.5. The van der Waals surface area contributed by atoms with Gasteiger partial charge in [0.15, 0.2) is 5.75 Å². The zero-order chi connectivity index (χ0) is 16.0. The highest BCUT2D eigenvalue weighted by Crippen LogP contribution is 2.32. The average molecular weight is 335 g/mol. The number of hydrogen-bond donors (Lipinski definition) is 1. The van der Waals surface area contributed by atoms with Crippen molar-refractivity contribution < 1.29 is 14.6 Å². The number of carbonyl (C=O) groups is 1. The molecule has 0 radical (unpaired) electrons. The Kier molecular flexibility index (Phi) is 7.25. The van der Waals surface area contributed by atoms with E-state index in [1.165, 1.54) is 4.90 Å². The van der Waals surface area contributed by atoms with Crippen molar-refractivity contribution in [2.75, 3.05) is 40.8 Å². The fraction of sp³-hybridized carbons (Fsp3) is 0.500. The lowest BCUT2D eigenvalue weighted by atomic mass is 10.3. The number of benzene rings is 1. The Bertz CT molecular complexity index is 463. The van der Waals surface area contributed by atoms with E-state index in [1.807, 2.05) is 0 Å². The molecular weight excluding hydrogens is 315 g/mol. The van der Waals surface area contributed by atoms with Crippen LogP contribution in [0.3, 0.4) is 0 Å². The smallest absolute Gasteiger partial charge is 0.236 e. The number of nitrogens with zero attached hydrogens (tertiary/aromatic N) is 2. The molecule has 0 aliphatic heterocycles. The Morgan fingerprint density at radius 1 is 1.29 bits per heavy atom. The number of aliphatic hydroxyl groups is 1. The van der Waals surface area contributed by atoms with E-state index in [-0.39, 0.29) is 19.1 Å². The van der Waals surface area contributed by atoms with Gasteiger partial charge in [0.25, 0.3) is 0 Å². The van der Waals surface area contributed by atoms with Crippen LogP contribution in [0.4, 0.5) is 0 Å². The van der Waals surface area contributed by atoms with Gasteiger partial charge >= 0.3 is 0 Å². The molecule has 1 unspecified atom stereocenters. The van der Waals surface area contributed by atoms with E-state index >= 15 is 0 Å². The van der Waals surface area contributed by atoms with Crippen LogP contribution in [0, 0.1) is 0 Å². The second kappa shape index (κ2) is 8.44. The van der Waals surface area contributed by atoms with E-state index in [2.05, 4.69) is 0 Å². The molecule has 1 amide bonds. The lowest BCUT2D eigenvalue weighted by molar-refractivity contribution is -0.129. The van der Waals surface area contributed by atoms with Gasteiger partial charge in [-0.2, -0.15) is 0 Å². The van der Waals surface area contributed by atoms with Gasteiger partial charge in [-0.15, -0.1) is 0 Å². The number of amides is 1. The number of likely N-dealkylation sites (N-methyl/N-ethyl adjacent to an activating group) is 2. The summed E-state index contributed by atoms with van der Waals surface area (Å²) in [4.78, 5) is 14.8. The molecule has 0 aromatic heterocycles. The van der Waals surface area contributed by atoms with Gasteiger partial charge in [0.2, 0.25) is 5.91 Å². The Hall–Kier alpha value is -1.01. The standard InChI is InChI=1S/C14H20Cl2N2O3/c1-17(2)13(20)8-18(3)7-10(19)9-21-14-11(15)5-4-6-12(14)16/h4-6,10,19H,7-9H2,1-3H3. The van der Waals surface area contributed by atoms with E-state index in [0.717, 1.165) is 0 Å². The molecule has 0 aliphatic rings. The zero-order valence-corrected chi connectivity index (χ0v) is 13.9. The fourth-order valence-corrected chi connectivity index (χ4v) is 2.16.